The Labute approximate surface area is 112 Å². The number of carboxylic acid groups (broad SMARTS) is 1. The lowest BCUT2D eigenvalue weighted by Gasteiger charge is -2.24. The van der Waals surface area contributed by atoms with E-state index in [4.69, 9.17) is 10.8 Å². The zero-order valence-electron chi connectivity index (χ0n) is 11.3. The van der Waals surface area contributed by atoms with Gasteiger partial charge in [0.1, 0.15) is 6.04 Å². The number of carboxylic acids is 1. The first-order valence-electron chi connectivity index (χ1n) is 6.39. The van der Waals surface area contributed by atoms with Crippen LogP contribution in [-0.2, 0) is 9.59 Å². The number of nitrogens with two attached hydrogens (primary N) is 1. The van der Waals surface area contributed by atoms with Crippen LogP contribution in [0.1, 0.15) is 33.1 Å². The third-order valence-electron chi connectivity index (χ3n) is 3.32. The molecule has 0 spiro atoms. The number of aliphatic carboxylic acids is 1. The zero-order valence-corrected chi connectivity index (χ0v) is 11.3. The van der Waals surface area contributed by atoms with Gasteiger partial charge in [-0.25, -0.2) is 9.59 Å². The third-order valence-corrected chi connectivity index (χ3v) is 3.32. The van der Waals surface area contributed by atoms with Crippen molar-refractivity contribution in [3.05, 3.63) is 0 Å². The van der Waals surface area contributed by atoms with E-state index in [9.17, 15) is 14.4 Å². The third kappa shape index (κ3) is 4.42. The van der Waals surface area contributed by atoms with E-state index in [1.807, 2.05) is 13.8 Å². The Balaban J connectivity index is 2.56. The Hall–Kier alpha value is -1.79. The molecule has 0 aliphatic carbocycles. The number of rotatable bonds is 5. The Bertz CT molecular complexity index is 372. The van der Waals surface area contributed by atoms with Gasteiger partial charge in [-0.2, -0.15) is 0 Å². The normalized spacial score (nSPS) is 24.0. The van der Waals surface area contributed by atoms with E-state index in [-0.39, 0.29) is 18.9 Å². The first-order chi connectivity index (χ1) is 8.81. The lowest BCUT2D eigenvalue weighted by molar-refractivity contribution is -0.139. The SMILES string of the molecule is CC1CC(C)N(C(=O)N[C@@H](CCC(N)=O)C(=O)O)C1. The van der Waals surface area contributed by atoms with Crippen molar-refractivity contribution in [1.82, 2.24) is 10.2 Å². The molecule has 19 heavy (non-hydrogen) atoms. The number of nitrogens with one attached hydrogen (secondary N) is 1. The predicted molar refractivity (Wildman–Crippen MR) is 68.3 cm³/mol. The number of urea groups is 1. The second-order valence-electron chi connectivity index (χ2n) is 5.19. The highest BCUT2D eigenvalue weighted by Gasteiger charge is 2.32. The molecule has 108 valence electrons. The highest BCUT2D eigenvalue weighted by molar-refractivity contribution is 5.83. The molecular weight excluding hydrogens is 250 g/mol. The summed E-state index contributed by atoms with van der Waals surface area (Å²) in [5.41, 5.74) is 4.98. The summed E-state index contributed by atoms with van der Waals surface area (Å²) in [6, 6.07) is -1.38. The molecule has 7 heteroatoms. The van der Waals surface area contributed by atoms with Crippen LogP contribution in [0.5, 0.6) is 0 Å². The van der Waals surface area contributed by atoms with Gasteiger partial charge in [0.05, 0.1) is 0 Å². The molecule has 0 aromatic rings. The smallest absolute Gasteiger partial charge is 0.326 e. The van der Waals surface area contributed by atoms with Crippen LogP contribution in [0.2, 0.25) is 0 Å². The highest BCUT2D eigenvalue weighted by atomic mass is 16.4. The topological polar surface area (TPSA) is 113 Å². The Morgan fingerprint density at radius 2 is 2.05 bits per heavy atom. The summed E-state index contributed by atoms with van der Waals surface area (Å²) in [6.07, 6.45) is 0.851. The van der Waals surface area contributed by atoms with Gasteiger partial charge in [-0.15, -0.1) is 0 Å². The van der Waals surface area contributed by atoms with E-state index in [0.29, 0.717) is 12.5 Å². The molecule has 3 atom stereocenters. The van der Waals surface area contributed by atoms with Crippen LogP contribution in [0, 0.1) is 5.92 Å². The number of carbonyl (C=O) groups is 3. The summed E-state index contributed by atoms with van der Waals surface area (Å²) in [5, 5.41) is 11.5. The van der Waals surface area contributed by atoms with Crippen LogP contribution < -0.4 is 11.1 Å². The molecular formula is C12H21N3O4. The molecule has 0 bridgehead atoms. The van der Waals surface area contributed by atoms with E-state index in [0.717, 1.165) is 6.42 Å². The number of primary amides is 1. The molecule has 0 saturated carbocycles. The number of carbonyl (C=O) groups excluding carboxylic acids is 2. The van der Waals surface area contributed by atoms with E-state index in [2.05, 4.69) is 5.32 Å². The van der Waals surface area contributed by atoms with E-state index in [1.165, 1.54) is 0 Å². The van der Waals surface area contributed by atoms with Crippen LogP contribution in [-0.4, -0.2) is 46.5 Å². The van der Waals surface area contributed by atoms with Crippen LogP contribution in [0.4, 0.5) is 4.79 Å². The fraction of sp³-hybridized carbons (Fsp3) is 0.750. The maximum absolute atomic E-state index is 12.0. The van der Waals surface area contributed by atoms with Gasteiger partial charge in [-0.3, -0.25) is 4.79 Å². The van der Waals surface area contributed by atoms with Crippen molar-refractivity contribution in [1.29, 1.82) is 0 Å². The van der Waals surface area contributed by atoms with Gasteiger partial charge in [-0.1, -0.05) is 6.92 Å². The highest BCUT2D eigenvalue weighted by Crippen LogP contribution is 2.22. The fourth-order valence-electron chi connectivity index (χ4n) is 2.36. The molecule has 0 radical (unpaired) electrons. The maximum Gasteiger partial charge on any atom is 0.326 e. The summed E-state index contributed by atoms with van der Waals surface area (Å²) >= 11 is 0. The Morgan fingerprint density at radius 1 is 1.42 bits per heavy atom. The van der Waals surface area contributed by atoms with Gasteiger partial charge < -0.3 is 21.1 Å². The van der Waals surface area contributed by atoms with Gasteiger partial charge in [0.15, 0.2) is 0 Å². The summed E-state index contributed by atoms with van der Waals surface area (Å²) in [5.74, 6) is -1.33. The van der Waals surface area contributed by atoms with E-state index in [1.54, 1.807) is 4.90 Å². The number of nitrogens with zero attached hydrogens (tertiary/aromatic N) is 1. The van der Waals surface area contributed by atoms with Crippen LogP contribution in [0.25, 0.3) is 0 Å². The standard InChI is InChI=1S/C12H21N3O4/c1-7-5-8(2)15(6-7)12(19)14-9(11(17)18)3-4-10(13)16/h7-9H,3-6H2,1-2H3,(H2,13,16)(H,14,19)(H,17,18)/t7?,8?,9-/m0/s1. The molecule has 0 aromatic heterocycles. The molecule has 0 aromatic carbocycles. The van der Waals surface area contributed by atoms with Crippen molar-refractivity contribution in [2.24, 2.45) is 11.7 Å². The van der Waals surface area contributed by atoms with Gasteiger partial charge in [0.2, 0.25) is 5.91 Å². The van der Waals surface area contributed by atoms with Crippen molar-refractivity contribution in [2.75, 3.05) is 6.54 Å². The van der Waals surface area contributed by atoms with Gasteiger partial charge >= 0.3 is 12.0 Å². The molecule has 1 fully saturated rings. The monoisotopic (exact) mass is 271 g/mol. The average molecular weight is 271 g/mol. The number of hydrogen-bond acceptors (Lipinski definition) is 3. The zero-order chi connectivity index (χ0) is 14.6. The summed E-state index contributed by atoms with van der Waals surface area (Å²) in [4.78, 5) is 35.3. The van der Waals surface area contributed by atoms with Crippen LogP contribution in [0.3, 0.4) is 0 Å². The molecule has 7 nitrogen and oxygen atoms in total. The minimum atomic E-state index is -1.16. The Kier molecular flexibility index (Phi) is 5.14. The second-order valence-corrected chi connectivity index (χ2v) is 5.19. The molecule has 4 N–H and O–H groups in total. The summed E-state index contributed by atoms with van der Waals surface area (Å²) in [6.45, 7) is 4.60. The number of amides is 3. The molecule has 1 heterocycles. The van der Waals surface area contributed by atoms with Gasteiger partial charge in [-0.05, 0) is 25.7 Å². The minimum Gasteiger partial charge on any atom is -0.480 e. The molecule has 2 unspecified atom stereocenters. The number of likely N-dealkylation sites (tertiary alicyclic amines) is 1. The van der Waals surface area contributed by atoms with Crippen molar-refractivity contribution in [3.63, 3.8) is 0 Å². The Morgan fingerprint density at radius 3 is 2.47 bits per heavy atom. The maximum atomic E-state index is 12.0. The van der Waals surface area contributed by atoms with Crippen molar-refractivity contribution in [2.45, 2.75) is 45.2 Å². The molecule has 1 rings (SSSR count). The predicted octanol–water partition coefficient (Wildman–Crippen LogP) is 0.145. The molecule has 1 aliphatic heterocycles. The quantitative estimate of drug-likeness (QED) is 0.660. The van der Waals surface area contributed by atoms with E-state index >= 15 is 0 Å². The lowest BCUT2D eigenvalue weighted by Crippen LogP contribution is -2.49. The van der Waals surface area contributed by atoms with Gasteiger partial charge in [0.25, 0.3) is 0 Å². The van der Waals surface area contributed by atoms with Gasteiger partial charge in [0, 0.05) is 19.0 Å². The largest absolute Gasteiger partial charge is 0.480 e. The fourth-order valence-corrected chi connectivity index (χ4v) is 2.36. The second kappa shape index (κ2) is 6.40. The molecule has 1 saturated heterocycles. The number of hydrogen-bond donors (Lipinski definition) is 3. The molecule has 3 amide bonds. The first kappa shape index (κ1) is 15.3. The van der Waals surface area contributed by atoms with Crippen molar-refractivity contribution >= 4 is 17.9 Å². The van der Waals surface area contributed by atoms with Crippen LogP contribution in [0.15, 0.2) is 0 Å². The minimum absolute atomic E-state index is 0.00812. The van der Waals surface area contributed by atoms with Crippen molar-refractivity contribution in [3.8, 4) is 0 Å². The summed E-state index contributed by atoms with van der Waals surface area (Å²) < 4.78 is 0. The van der Waals surface area contributed by atoms with E-state index < -0.39 is 23.9 Å². The first-order valence-corrected chi connectivity index (χ1v) is 6.39. The molecule has 1 aliphatic rings. The summed E-state index contributed by atoms with van der Waals surface area (Å²) in [7, 11) is 0. The van der Waals surface area contributed by atoms with Crippen molar-refractivity contribution < 1.29 is 19.5 Å². The average Bonchev–Trinajstić information content (AvgIpc) is 2.62. The van der Waals surface area contributed by atoms with Crippen LogP contribution >= 0.6 is 0 Å². The lowest BCUT2D eigenvalue weighted by atomic mass is 10.1.